The molecule has 47 heavy (non-hydrogen) atoms. The number of esters is 2. The number of carbonyl (C=O) groups excluding carboxylic acids is 2. The summed E-state index contributed by atoms with van der Waals surface area (Å²) in [5.74, 6) is -2.03. The predicted molar refractivity (Wildman–Crippen MR) is 179 cm³/mol. The van der Waals surface area contributed by atoms with Gasteiger partial charge in [0, 0.05) is 43.6 Å². The van der Waals surface area contributed by atoms with Crippen LogP contribution in [0.4, 0.5) is 21.5 Å². The van der Waals surface area contributed by atoms with Crippen molar-refractivity contribution in [2.45, 2.75) is 38.3 Å². The number of anilines is 3. The molecule has 1 unspecified atom stereocenters. The Labute approximate surface area is 280 Å². The molecule has 0 amide bonds. The first kappa shape index (κ1) is 32.6. The maximum absolute atomic E-state index is 15.7. The molecule has 1 aromatic heterocycles. The third kappa shape index (κ3) is 6.88. The Morgan fingerprint density at radius 2 is 1.83 bits per heavy atom. The number of para-hydroxylation sites is 2. The summed E-state index contributed by atoms with van der Waals surface area (Å²) in [6.07, 6.45) is 2.92. The fraction of sp³-hybridized carbons (Fsp3) is 0.324. The molecule has 0 radical (unpaired) electrons. The molecule has 2 aliphatic rings. The van der Waals surface area contributed by atoms with Crippen LogP contribution in [0.2, 0.25) is 10.0 Å². The van der Waals surface area contributed by atoms with Gasteiger partial charge in [-0.1, -0.05) is 47.5 Å². The highest BCUT2D eigenvalue weighted by atomic mass is 35.5. The number of nitrogens with one attached hydrogen (secondary N) is 2. The summed E-state index contributed by atoms with van der Waals surface area (Å²) in [5.41, 5.74) is 1.38. The number of carbonyl (C=O) groups is 2. The minimum Gasteiger partial charge on any atom is -0.492 e. The predicted octanol–water partition coefficient (Wildman–Crippen LogP) is 6.23. The van der Waals surface area contributed by atoms with Crippen molar-refractivity contribution < 1.29 is 28.2 Å². The molecule has 2 N–H and O–H groups in total. The zero-order valence-electron chi connectivity index (χ0n) is 25.8. The van der Waals surface area contributed by atoms with Crippen LogP contribution in [0.25, 0.3) is 10.9 Å². The second-order valence-electron chi connectivity index (χ2n) is 11.6. The second kappa shape index (κ2) is 13.8. The highest BCUT2D eigenvalue weighted by molar-refractivity contribution is 6.39. The third-order valence-corrected chi connectivity index (χ3v) is 8.86. The fourth-order valence-corrected chi connectivity index (χ4v) is 6.33. The van der Waals surface area contributed by atoms with E-state index in [4.69, 9.17) is 37.4 Å². The molecule has 246 valence electrons. The number of rotatable bonds is 10. The molecule has 2 heterocycles. The van der Waals surface area contributed by atoms with Crippen LogP contribution in [-0.4, -0.2) is 56.1 Å². The van der Waals surface area contributed by atoms with Crippen LogP contribution in [-0.2, 0) is 20.7 Å². The number of aromatic nitrogens is 1. The van der Waals surface area contributed by atoms with E-state index in [1.54, 1.807) is 47.0 Å². The van der Waals surface area contributed by atoms with Crippen LogP contribution in [0.5, 0.6) is 5.75 Å². The highest BCUT2D eigenvalue weighted by Gasteiger charge is 2.32. The summed E-state index contributed by atoms with van der Waals surface area (Å²) in [4.78, 5) is 41.4. The summed E-state index contributed by atoms with van der Waals surface area (Å²) in [7, 11) is 1.45. The fourth-order valence-electron chi connectivity index (χ4n) is 5.83. The minimum absolute atomic E-state index is 0.00552. The SMILES string of the molecule is COc1c(N2CCNC(C)C2)c(F)cc2c(=O)c(C(=O)OCOC(=O)Cc3ccccc3Nc3c(Cl)cccc3Cl)cn(C3CC3)c12. The number of fused-ring (bicyclic) bond motifs is 1. The van der Waals surface area contributed by atoms with Crippen LogP contribution in [0, 0.1) is 5.82 Å². The molecule has 13 heteroatoms. The molecule has 1 aliphatic carbocycles. The lowest BCUT2D eigenvalue weighted by Gasteiger charge is -2.35. The van der Waals surface area contributed by atoms with Crippen LogP contribution < -0.4 is 25.7 Å². The average Bonchev–Trinajstić information content (AvgIpc) is 3.89. The summed E-state index contributed by atoms with van der Waals surface area (Å²) in [6.45, 7) is 3.10. The smallest absolute Gasteiger partial charge is 0.346 e. The number of pyridine rings is 1. The Hall–Kier alpha value is -4.32. The van der Waals surface area contributed by atoms with Crippen LogP contribution in [0.3, 0.4) is 0 Å². The van der Waals surface area contributed by atoms with E-state index >= 15 is 4.39 Å². The lowest BCUT2D eigenvalue weighted by atomic mass is 10.1. The van der Waals surface area contributed by atoms with E-state index in [0.717, 1.165) is 12.8 Å². The van der Waals surface area contributed by atoms with E-state index in [-0.39, 0.29) is 40.9 Å². The van der Waals surface area contributed by atoms with Gasteiger partial charge in [-0.2, -0.15) is 0 Å². The first-order valence-corrected chi connectivity index (χ1v) is 16.0. The van der Waals surface area contributed by atoms with E-state index in [9.17, 15) is 14.4 Å². The quantitative estimate of drug-likeness (QED) is 0.148. The summed E-state index contributed by atoms with van der Waals surface area (Å²) >= 11 is 12.6. The zero-order valence-corrected chi connectivity index (χ0v) is 27.3. The van der Waals surface area contributed by atoms with Crippen LogP contribution in [0.1, 0.15) is 41.7 Å². The second-order valence-corrected chi connectivity index (χ2v) is 12.4. The van der Waals surface area contributed by atoms with Gasteiger partial charge in [0.15, 0.2) is 11.6 Å². The van der Waals surface area contributed by atoms with Crippen molar-refractivity contribution >= 4 is 63.1 Å². The number of hydrogen-bond acceptors (Lipinski definition) is 9. The summed E-state index contributed by atoms with van der Waals surface area (Å²) in [5, 5.41) is 7.32. The molecule has 1 saturated heterocycles. The average molecular weight is 684 g/mol. The van der Waals surface area contributed by atoms with Crippen LogP contribution in [0.15, 0.2) is 59.5 Å². The summed E-state index contributed by atoms with van der Waals surface area (Å²) < 4.78 is 33.7. The lowest BCUT2D eigenvalue weighted by molar-refractivity contribution is -0.151. The molecule has 1 aliphatic heterocycles. The van der Waals surface area contributed by atoms with Gasteiger partial charge in [-0.25, -0.2) is 9.18 Å². The lowest BCUT2D eigenvalue weighted by Crippen LogP contribution is -2.49. The number of hydrogen-bond donors (Lipinski definition) is 2. The third-order valence-electron chi connectivity index (χ3n) is 8.23. The normalized spacial score (nSPS) is 16.2. The Bertz CT molecular complexity index is 1890. The Morgan fingerprint density at radius 3 is 2.53 bits per heavy atom. The molecule has 1 saturated carbocycles. The number of methoxy groups -OCH3 is 1. The van der Waals surface area contributed by atoms with E-state index in [2.05, 4.69) is 10.6 Å². The molecule has 0 bridgehead atoms. The number of halogens is 3. The maximum atomic E-state index is 15.7. The number of ether oxygens (including phenoxy) is 3. The van der Waals surface area contributed by atoms with Gasteiger partial charge in [0.2, 0.25) is 12.2 Å². The largest absolute Gasteiger partial charge is 0.492 e. The molecule has 6 rings (SSSR count). The Balaban J connectivity index is 1.19. The first-order chi connectivity index (χ1) is 22.7. The van der Waals surface area contributed by atoms with Gasteiger partial charge in [-0.05, 0) is 49.6 Å². The number of piperazine rings is 1. The monoisotopic (exact) mass is 682 g/mol. The molecule has 10 nitrogen and oxygen atoms in total. The van der Waals surface area contributed by atoms with Crippen molar-refractivity contribution in [1.82, 2.24) is 9.88 Å². The van der Waals surface area contributed by atoms with Gasteiger partial charge in [0.05, 0.1) is 40.2 Å². The Kier molecular flexibility index (Phi) is 9.58. The zero-order chi connectivity index (χ0) is 33.2. The van der Waals surface area contributed by atoms with Gasteiger partial charge in [-0.15, -0.1) is 0 Å². The maximum Gasteiger partial charge on any atom is 0.346 e. The molecule has 0 spiro atoms. The van der Waals surface area contributed by atoms with E-state index in [0.29, 0.717) is 52.1 Å². The van der Waals surface area contributed by atoms with Gasteiger partial charge in [0.1, 0.15) is 11.3 Å². The highest BCUT2D eigenvalue weighted by Crippen LogP contribution is 2.44. The Morgan fingerprint density at radius 1 is 1.09 bits per heavy atom. The molecular formula is C34H33Cl2FN4O6. The number of nitrogens with zero attached hydrogens (tertiary/aromatic N) is 2. The molecule has 3 aromatic carbocycles. The number of benzene rings is 3. The van der Waals surface area contributed by atoms with Crippen molar-refractivity contribution in [1.29, 1.82) is 0 Å². The molecular weight excluding hydrogens is 650 g/mol. The molecule has 4 aromatic rings. The van der Waals surface area contributed by atoms with Gasteiger partial charge in [-0.3, -0.25) is 9.59 Å². The van der Waals surface area contributed by atoms with Gasteiger partial charge in [0.25, 0.3) is 0 Å². The van der Waals surface area contributed by atoms with Gasteiger partial charge < -0.3 is 34.3 Å². The van der Waals surface area contributed by atoms with Crippen molar-refractivity contribution in [3.05, 3.63) is 91.9 Å². The standard InChI is InChI=1S/C34H33Cl2FN4O6/c1-19-16-40(13-12-38-19)31-26(37)15-22-30(33(31)45-2)41(21-10-11-21)17-23(32(22)43)34(44)47-18-46-28(42)14-20-6-3-4-9-27(20)39-29-24(35)7-5-8-25(29)36/h3-9,15,17,19,21,38-39H,10-14,16,18H2,1-2H3. The van der Waals surface area contributed by atoms with Crippen LogP contribution >= 0.6 is 23.2 Å². The topological polar surface area (TPSA) is 111 Å². The minimum atomic E-state index is -0.992. The van der Waals surface area contributed by atoms with Crippen molar-refractivity contribution in [2.75, 3.05) is 43.8 Å². The van der Waals surface area contributed by atoms with Crippen molar-refractivity contribution in [3.63, 3.8) is 0 Å². The van der Waals surface area contributed by atoms with Crippen molar-refractivity contribution in [3.8, 4) is 5.75 Å². The van der Waals surface area contributed by atoms with E-state index in [1.165, 1.54) is 19.4 Å². The molecule has 1 atom stereocenters. The first-order valence-electron chi connectivity index (χ1n) is 15.2. The van der Waals surface area contributed by atoms with E-state index < -0.39 is 30.0 Å². The summed E-state index contributed by atoms with van der Waals surface area (Å²) in [6, 6.07) is 13.5. The van der Waals surface area contributed by atoms with Gasteiger partial charge >= 0.3 is 11.9 Å². The molecule has 2 fully saturated rings. The van der Waals surface area contributed by atoms with E-state index in [1.807, 2.05) is 11.8 Å². The van der Waals surface area contributed by atoms with Crippen molar-refractivity contribution in [2.24, 2.45) is 0 Å².